The van der Waals surface area contributed by atoms with Crippen molar-refractivity contribution < 1.29 is 9.59 Å². The van der Waals surface area contributed by atoms with E-state index in [4.69, 9.17) is 5.73 Å². The summed E-state index contributed by atoms with van der Waals surface area (Å²) in [5, 5.41) is 4.22. The molecule has 2 amide bonds. The summed E-state index contributed by atoms with van der Waals surface area (Å²) in [5.74, 6) is -0.338. The molecule has 0 aliphatic carbocycles. The average Bonchev–Trinajstić information content (AvgIpc) is 3.18. The van der Waals surface area contributed by atoms with Crippen molar-refractivity contribution in [2.24, 2.45) is 11.7 Å². The van der Waals surface area contributed by atoms with Gasteiger partial charge in [-0.25, -0.2) is 0 Å². The Labute approximate surface area is 170 Å². The van der Waals surface area contributed by atoms with E-state index in [1.165, 1.54) is 0 Å². The van der Waals surface area contributed by atoms with Crippen LogP contribution in [-0.4, -0.2) is 40.8 Å². The molecule has 1 fully saturated rings. The van der Waals surface area contributed by atoms with Crippen molar-refractivity contribution in [3.8, 4) is 11.3 Å². The number of anilines is 1. The summed E-state index contributed by atoms with van der Waals surface area (Å²) in [5.41, 5.74) is 9.33. The Bertz CT molecular complexity index is 1000. The van der Waals surface area contributed by atoms with Gasteiger partial charge in [-0.15, -0.1) is 0 Å². The monoisotopic (exact) mass is 390 g/mol. The number of carbonyl (C=O) groups excluding carboxylic acids is 2. The summed E-state index contributed by atoms with van der Waals surface area (Å²) in [4.78, 5) is 29.6. The van der Waals surface area contributed by atoms with Gasteiger partial charge in [0.1, 0.15) is 0 Å². The summed E-state index contributed by atoms with van der Waals surface area (Å²) in [7, 11) is 0. The van der Waals surface area contributed by atoms with Gasteiger partial charge in [-0.2, -0.15) is 0 Å². The van der Waals surface area contributed by atoms with E-state index in [2.05, 4.69) is 28.5 Å². The molecule has 0 radical (unpaired) electrons. The van der Waals surface area contributed by atoms with Crippen LogP contribution in [0.3, 0.4) is 0 Å². The van der Waals surface area contributed by atoms with Crippen LogP contribution in [0.4, 0.5) is 5.69 Å². The largest absolute Gasteiger partial charge is 0.368 e. The third-order valence-corrected chi connectivity index (χ3v) is 5.83. The van der Waals surface area contributed by atoms with E-state index >= 15 is 0 Å². The number of para-hydroxylation sites is 1. The van der Waals surface area contributed by atoms with Crippen LogP contribution in [0.5, 0.6) is 0 Å². The van der Waals surface area contributed by atoms with E-state index in [0.717, 1.165) is 40.7 Å². The number of rotatable bonds is 5. The summed E-state index contributed by atoms with van der Waals surface area (Å²) < 4.78 is 0. The van der Waals surface area contributed by atoms with E-state index in [9.17, 15) is 9.59 Å². The van der Waals surface area contributed by atoms with Crippen molar-refractivity contribution in [1.82, 2.24) is 9.88 Å². The first-order chi connectivity index (χ1) is 14.0. The number of benzene rings is 2. The SMILES string of the molecule is C[C@H](C(N)=O)N1CCC(C(=O)Nc2cccc(-c3cc4ccccc4[nH]3)c2)CC1. The second kappa shape index (κ2) is 8.09. The number of H-pyrrole nitrogens is 1. The normalized spacial score (nSPS) is 16.6. The Hall–Kier alpha value is -3.12. The predicted octanol–water partition coefficient (Wildman–Crippen LogP) is 3.36. The highest BCUT2D eigenvalue weighted by atomic mass is 16.2. The Morgan fingerprint density at radius 3 is 2.59 bits per heavy atom. The lowest BCUT2D eigenvalue weighted by atomic mass is 9.94. The minimum absolute atomic E-state index is 0.0326. The van der Waals surface area contributed by atoms with E-state index < -0.39 is 0 Å². The number of amides is 2. The minimum Gasteiger partial charge on any atom is -0.368 e. The summed E-state index contributed by atoms with van der Waals surface area (Å²) >= 11 is 0. The number of nitrogens with zero attached hydrogens (tertiary/aromatic N) is 1. The van der Waals surface area contributed by atoms with E-state index in [1.54, 1.807) is 0 Å². The van der Waals surface area contributed by atoms with Crippen LogP contribution in [0.15, 0.2) is 54.6 Å². The molecule has 0 unspecified atom stereocenters. The molecule has 0 bridgehead atoms. The van der Waals surface area contributed by atoms with Crippen LogP contribution in [0, 0.1) is 5.92 Å². The molecular formula is C23H26N4O2. The summed E-state index contributed by atoms with van der Waals surface area (Å²) in [6.45, 7) is 3.23. The molecule has 6 heteroatoms. The molecule has 3 aromatic rings. The molecule has 0 saturated carbocycles. The fourth-order valence-corrected chi connectivity index (χ4v) is 3.97. The van der Waals surface area contributed by atoms with Gasteiger partial charge in [0.15, 0.2) is 0 Å². The molecule has 1 aliphatic rings. The Kier molecular flexibility index (Phi) is 5.36. The van der Waals surface area contributed by atoms with Gasteiger partial charge in [0, 0.05) is 33.8 Å². The first-order valence-electron chi connectivity index (χ1n) is 10.0. The molecule has 2 heterocycles. The van der Waals surface area contributed by atoms with Crippen LogP contribution in [0.1, 0.15) is 19.8 Å². The number of aromatic nitrogens is 1. The molecule has 4 N–H and O–H groups in total. The molecule has 0 spiro atoms. The van der Waals surface area contributed by atoms with E-state index in [0.29, 0.717) is 13.1 Å². The third-order valence-electron chi connectivity index (χ3n) is 5.83. The standard InChI is InChI=1S/C23H26N4O2/c1-15(22(24)28)27-11-9-16(10-12-27)23(29)25-19-7-4-6-17(13-19)21-14-18-5-2-3-8-20(18)26-21/h2-8,13-16,26H,9-12H2,1H3,(H2,24,28)(H,25,29)/t15-/m1/s1. The number of hydrogen-bond donors (Lipinski definition) is 3. The molecule has 1 aromatic heterocycles. The van der Waals surface area contributed by atoms with Gasteiger partial charge in [-0.1, -0.05) is 30.3 Å². The van der Waals surface area contributed by atoms with Crippen molar-refractivity contribution in [3.63, 3.8) is 0 Å². The molecule has 4 rings (SSSR count). The van der Waals surface area contributed by atoms with Gasteiger partial charge >= 0.3 is 0 Å². The number of nitrogens with one attached hydrogen (secondary N) is 2. The fourth-order valence-electron chi connectivity index (χ4n) is 3.97. The van der Waals surface area contributed by atoms with Crippen LogP contribution in [0.2, 0.25) is 0 Å². The lowest BCUT2D eigenvalue weighted by Crippen LogP contribution is -2.47. The molecule has 150 valence electrons. The lowest BCUT2D eigenvalue weighted by molar-refractivity contribution is -0.124. The Morgan fingerprint density at radius 2 is 1.86 bits per heavy atom. The van der Waals surface area contributed by atoms with Gasteiger partial charge < -0.3 is 16.0 Å². The van der Waals surface area contributed by atoms with E-state index in [-0.39, 0.29) is 23.8 Å². The number of likely N-dealkylation sites (tertiary alicyclic amines) is 1. The van der Waals surface area contributed by atoms with Crippen LogP contribution in [0.25, 0.3) is 22.2 Å². The number of hydrogen-bond acceptors (Lipinski definition) is 3. The first-order valence-corrected chi connectivity index (χ1v) is 10.0. The van der Waals surface area contributed by atoms with Gasteiger partial charge in [0.25, 0.3) is 0 Å². The maximum absolute atomic E-state index is 12.7. The van der Waals surface area contributed by atoms with Crippen LogP contribution < -0.4 is 11.1 Å². The zero-order valence-electron chi connectivity index (χ0n) is 16.5. The molecule has 1 saturated heterocycles. The number of fused-ring (bicyclic) bond motifs is 1. The van der Waals surface area contributed by atoms with Crippen LogP contribution in [-0.2, 0) is 9.59 Å². The number of primary amides is 1. The molecule has 1 atom stereocenters. The smallest absolute Gasteiger partial charge is 0.234 e. The summed E-state index contributed by atoms with van der Waals surface area (Å²) in [6, 6.07) is 17.9. The predicted molar refractivity (Wildman–Crippen MR) is 115 cm³/mol. The molecule has 29 heavy (non-hydrogen) atoms. The van der Waals surface area contributed by atoms with Gasteiger partial charge in [-0.3, -0.25) is 14.5 Å². The topological polar surface area (TPSA) is 91.2 Å². The highest BCUT2D eigenvalue weighted by Crippen LogP contribution is 2.27. The molecule has 6 nitrogen and oxygen atoms in total. The molecule has 2 aromatic carbocycles. The zero-order valence-corrected chi connectivity index (χ0v) is 16.5. The average molecular weight is 390 g/mol. The fraction of sp³-hybridized carbons (Fsp3) is 0.304. The second-order valence-corrected chi connectivity index (χ2v) is 7.73. The zero-order chi connectivity index (χ0) is 20.4. The highest BCUT2D eigenvalue weighted by Gasteiger charge is 2.28. The van der Waals surface area contributed by atoms with Crippen molar-refractivity contribution in [2.45, 2.75) is 25.8 Å². The van der Waals surface area contributed by atoms with Crippen molar-refractivity contribution >= 4 is 28.4 Å². The van der Waals surface area contributed by atoms with Crippen molar-refractivity contribution in [2.75, 3.05) is 18.4 Å². The maximum atomic E-state index is 12.7. The number of piperidine rings is 1. The summed E-state index contributed by atoms with van der Waals surface area (Å²) in [6.07, 6.45) is 1.45. The highest BCUT2D eigenvalue weighted by molar-refractivity contribution is 5.93. The van der Waals surface area contributed by atoms with E-state index in [1.807, 2.05) is 48.2 Å². The van der Waals surface area contributed by atoms with Gasteiger partial charge in [-0.05, 0) is 57.1 Å². The molecular weight excluding hydrogens is 364 g/mol. The van der Waals surface area contributed by atoms with Gasteiger partial charge in [0.2, 0.25) is 11.8 Å². The lowest BCUT2D eigenvalue weighted by Gasteiger charge is -2.34. The molecule has 1 aliphatic heterocycles. The van der Waals surface area contributed by atoms with Crippen LogP contribution >= 0.6 is 0 Å². The number of carbonyl (C=O) groups is 2. The Morgan fingerprint density at radius 1 is 1.10 bits per heavy atom. The quantitative estimate of drug-likeness (QED) is 0.624. The Balaban J connectivity index is 1.42. The minimum atomic E-state index is -0.318. The number of aromatic amines is 1. The third kappa shape index (κ3) is 4.17. The number of nitrogens with two attached hydrogens (primary N) is 1. The van der Waals surface area contributed by atoms with Crippen molar-refractivity contribution in [1.29, 1.82) is 0 Å². The first kappa shape index (κ1) is 19.2. The second-order valence-electron chi connectivity index (χ2n) is 7.73. The maximum Gasteiger partial charge on any atom is 0.234 e. The van der Waals surface area contributed by atoms with Gasteiger partial charge in [0.05, 0.1) is 6.04 Å². The van der Waals surface area contributed by atoms with Crippen molar-refractivity contribution in [3.05, 3.63) is 54.6 Å².